The summed E-state index contributed by atoms with van der Waals surface area (Å²) in [4.78, 5) is 28.2. The van der Waals surface area contributed by atoms with E-state index in [9.17, 15) is 9.59 Å². The number of ether oxygens (including phenoxy) is 1. The van der Waals surface area contributed by atoms with Crippen LogP contribution in [0.1, 0.15) is 32.8 Å². The molecule has 128 valence electrons. The van der Waals surface area contributed by atoms with E-state index >= 15 is 0 Å². The zero-order valence-electron chi connectivity index (χ0n) is 14.2. The number of thiocarbonyl (C=S) groups is 1. The monoisotopic (exact) mass is 346 g/mol. The average Bonchev–Trinajstić information content (AvgIpc) is 2.58. The van der Waals surface area contributed by atoms with Crippen molar-refractivity contribution >= 4 is 35.2 Å². The van der Waals surface area contributed by atoms with E-state index in [0.717, 1.165) is 6.42 Å². The molecule has 1 fully saturated rings. The lowest BCUT2D eigenvalue weighted by Crippen LogP contribution is -2.55. The van der Waals surface area contributed by atoms with Gasteiger partial charge in [-0.05, 0) is 44.6 Å². The van der Waals surface area contributed by atoms with Gasteiger partial charge in [0.25, 0.3) is 11.8 Å². The van der Waals surface area contributed by atoms with Gasteiger partial charge in [-0.15, -0.1) is 0 Å². The van der Waals surface area contributed by atoms with E-state index in [-0.39, 0.29) is 22.5 Å². The quantitative estimate of drug-likeness (QED) is 0.451. The highest BCUT2D eigenvalue weighted by Gasteiger charge is 2.37. The molecule has 0 bridgehead atoms. The molecule has 0 spiro atoms. The Balaban J connectivity index is 2.45. The fourth-order valence-corrected chi connectivity index (χ4v) is 2.91. The van der Waals surface area contributed by atoms with Gasteiger partial charge in [0.1, 0.15) is 11.3 Å². The third-order valence-electron chi connectivity index (χ3n) is 3.73. The highest BCUT2D eigenvalue weighted by atomic mass is 32.1. The fraction of sp³-hybridized carbons (Fsp3) is 0.389. The van der Waals surface area contributed by atoms with Crippen molar-refractivity contribution < 1.29 is 14.3 Å². The van der Waals surface area contributed by atoms with E-state index in [1.54, 1.807) is 6.08 Å². The first kappa shape index (κ1) is 18.1. The van der Waals surface area contributed by atoms with E-state index in [2.05, 4.69) is 0 Å². The zero-order chi connectivity index (χ0) is 17.7. The van der Waals surface area contributed by atoms with Crippen LogP contribution < -0.4 is 4.74 Å². The molecule has 2 rings (SSSR count). The molecule has 1 aromatic carbocycles. The number of rotatable bonds is 6. The Morgan fingerprint density at radius 3 is 2.17 bits per heavy atom. The molecule has 1 aromatic rings. The van der Waals surface area contributed by atoms with Crippen LogP contribution in [0.25, 0.3) is 6.08 Å². The normalized spacial score (nSPS) is 15.1. The average molecular weight is 346 g/mol. The van der Waals surface area contributed by atoms with Crippen LogP contribution >= 0.6 is 12.2 Å². The maximum Gasteiger partial charge on any atom is 0.265 e. The number of benzene rings is 1. The smallest absolute Gasteiger partial charge is 0.265 e. The predicted molar refractivity (Wildman–Crippen MR) is 97.6 cm³/mol. The molecule has 0 atom stereocenters. The number of carbonyl (C=O) groups is 2. The minimum Gasteiger partial charge on any atom is -0.493 e. The Morgan fingerprint density at radius 1 is 1.04 bits per heavy atom. The number of carbonyl (C=O) groups excluding carboxylic acids is 2. The molecule has 1 aliphatic heterocycles. The van der Waals surface area contributed by atoms with Crippen molar-refractivity contribution in [1.29, 1.82) is 0 Å². The first-order chi connectivity index (χ1) is 11.5. The van der Waals surface area contributed by atoms with Crippen LogP contribution in [-0.4, -0.2) is 46.4 Å². The summed E-state index contributed by atoms with van der Waals surface area (Å²) in [6, 6.07) is 7.38. The van der Waals surface area contributed by atoms with Gasteiger partial charge in [-0.2, -0.15) is 0 Å². The van der Waals surface area contributed by atoms with Crippen molar-refractivity contribution in [2.45, 2.75) is 27.2 Å². The molecule has 0 aliphatic carbocycles. The van der Waals surface area contributed by atoms with Gasteiger partial charge in [0.2, 0.25) is 0 Å². The lowest BCUT2D eigenvalue weighted by atomic mass is 10.1. The molecule has 5 nitrogen and oxygen atoms in total. The largest absolute Gasteiger partial charge is 0.493 e. The number of amides is 2. The molecule has 0 radical (unpaired) electrons. The molecule has 2 amide bonds. The van der Waals surface area contributed by atoms with Gasteiger partial charge in [-0.25, -0.2) is 0 Å². The van der Waals surface area contributed by atoms with E-state index in [1.165, 1.54) is 9.80 Å². The maximum atomic E-state index is 12.7. The van der Waals surface area contributed by atoms with Gasteiger partial charge in [0, 0.05) is 18.7 Å². The van der Waals surface area contributed by atoms with Crippen LogP contribution in [0, 0.1) is 0 Å². The Kier molecular flexibility index (Phi) is 6.09. The predicted octanol–water partition coefficient (Wildman–Crippen LogP) is 2.85. The highest BCUT2D eigenvalue weighted by Crippen LogP contribution is 2.25. The molecule has 6 heteroatoms. The van der Waals surface area contributed by atoms with Crippen LogP contribution in [-0.2, 0) is 9.59 Å². The maximum absolute atomic E-state index is 12.7. The van der Waals surface area contributed by atoms with Crippen molar-refractivity contribution in [2.75, 3.05) is 19.7 Å². The first-order valence-corrected chi connectivity index (χ1v) is 8.57. The number of nitrogens with zero attached hydrogens (tertiary/aromatic N) is 2. The number of para-hydroxylation sites is 1. The van der Waals surface area contributed by atoms with Crippen molar-refractivity contribution in [3.63, 3.8) is 0 Å². The van der Waals surface area contributed by atoms with E-state index in [0.29, 0.717) is 31.0 Å². The summed E-state index contributed by atoms with van der Waals surface area (Å²) in [5.41, 5.74) is 0.822. The van der Waals surface area contributed by atoms with Crippen molar-refractivity contribution in [1.82, 2.24) is 9.80 Å². The van der Waals surface area contributed by atoms with E-state index in [1.807, 2.05) is 45.0 Å². The molecule has 1 saturated heterocycles. The standard InChI is InChI=1S/C18H22N2O3S/c1-4-11-23-15-10-8-7-9-13(15)12-14-16(21)19(5-2)18(24)20(6-3)17(14)22/h7-10,12H,4-6,11H2,1-3H3. The van der Waals surface area contributed by atoms with Gasteiger partial charge >= 0.3 is 0 Å². The molecular formula is C18H22N2O3S. The van der Waals surface area contributed by atoms with Crippen molar-refractivity contribution in [3.8, 4) is 5.75 Å². The molecule has 1 heterocycles. The summed E-state index contributed by atoms with van der Waals surface area (Å²) < 4.78 is 5.71. The molecule has 0 saturated carbocycles. The molecule has 24 heavy (non-hydrogen) atoms. The Bertz CT molecular complexity index is 657. The van der Waals surface area contributed by atoms with Crippen LogP contribution in [0.2, 0.25) is 0 Å². The van der Waals surface area contributed by atoms with Crippen molar-refractivity contribution in [2.24, 2.45) is 0 Å². The van der Waals surface area contributed by atoms with Gasteiger partial charge < -0.3 is 4.74 Å². The molecule has 0 N–H and O–H groups in total. The highest BCUT2D eigenvalue weighted by molar-refractivity contribution is 7.80. The Hall–Kier alpha value is -2.21. The summed E-state index contributed by atoms with van der Waals surface area (Å²) >= 11 is 5.26. The summed E-state index contributed by atoms with van der Waals surface area (Å²) in [5.74, 6) is -0.0586. The van der Waals surface area contributed by atoms with Crippen LogP contribution in [0.4, 0.5) is 0 Å². The number of hydrogen-bond donors (Lipinski definition) is 0. The van der Waals surface area contributed by atoms with Crippen LogP contribution in [0.15, 0.2) is 29.8 Å². The van der Waals surface area contributed by atoms with Crippen LogP contribution in [0.5, 0.6) is 5.75 Å². The van der Waals surface area contributed by atoms with Gasteiger partial charge in [0.15, 0.2) is 5.11 Å². The van der Waals surface area contributed by atoms with Crippen LogP contribution in [0.3, 0.4) is 0 Å². The number of hydrogen-bond acceptors (Lipinski definition) is 4. The molecule has 1 aliphatic rings. The Labute approximate surface area is 147 Å². The first-order valence-electron chi connectivity index (χ1n) is 8.16. The summed E-state index contributed by atoms with van der Waals surface area (Å²) in [7, 11) is 0. The minimum atomic E-state index is -0.359. The summed E-state index contributed by atoms with van der Waals surface area (Å²) in [6.45, 7) is 7.12. The second-order valence-corrected chi connectivity index (χ2v) is 5.69. The lowest BCUT2D eigenvalue weighted by Gasteiger charge is -2.35. The Morgan fingerprint density at radius 2 is 1.62 bits per heavy atom. The molecule has 0 unspecified atom stereocenters. The topological polar surface area (TPSA) is 49.9 Å². The lowest BCUT2D eigenvalue weighted by molar-refractivity contribution is -0.133. The van der Waals surface area contributed by atoms with Gasteiger partial charge in [-0.3, -0.25) is 19.4 Å². The van der Waals surface area contributed by atoms with Gasteiger partial charge in [-0.1, -0.05) is 25.1 Å². The third kappa shape index (κ3) is 3.48. The SMILES string of the molecule is CCCOc1ccccc1C=C1C(=O)N(CC)C(=S)N(CC)C1=O. The number of likely N-dealkylation sites (N-methyl/N-ethyl adjacent to an activating group) is 2. The van der Waals surface area contributed by atoms with Crippen molar-refractivity contribution in [3.05, 3.63) is 35.4 Å². The zero-order valence-corrected chi connectivity index (χ0v) is 15.1. The summed E-state index contributed by atoms with van der Waals surface area (Å²) in [5, 5.41) is 0.266. The van der Waals surface area contributed by atoms with E-state index in [4.69, 9.17) is 17.0 Å². The third-order valence-corrected chi connectivity index (χ3v) is 4.17. The minimum absolute atomic E-state index is 0.111. The summed E-state index contributed by atoms with van der Waals surface area (Å²) in [6.07, 6.45) is 2.48. The second kappa shape index (κ2) is 8.06. The molecular weight excluding hydrogens is 324 g/mol. The molecule has 0 aromatic heterocycles. The second-order valence-electron chi connectivity index (χ2n) is 5.33. The van der Waals surface area contributed by atoms with E-state index < -0.39 is 0 Å². The fourth-order valence-electron chi connectivity index (χ4n) is 2.48. The van der Waals surface area contributed by atoms with Gasteiger partial charge in [0.05, 0.1) is 6.61 Å².